The Labute approximate surface area is 154 Å². The maximum Gasteiger partial charge on any atom is 0.254 e. The van der Waals surface area contributed by atoms with Crippen molar-refractivity contribution in [1.82, 2.24) is 10.2 Å². The maximum absolute atomic E-state index is 13.0. The fourth-order valence-electron chi connectivity index (χ4n) is 3.79. The van der Waals surface area contributed by atoms with E-state index in [1.165, 1.54) is 0 Å². The quantitative estimate of drug-likeness (QED) is 0.923. The summed E-state index contributed by atoms with van der Waals surface area (Å²) in [7, 11) is 0. The minimum atomic E-state index is -0.189. The number of rotatable bonds is 4. The van der Waals surface area contributed by atoms with Gasteiger partial charge in [0.2, 0.25) is 5.91 Å². The van der Waals surface area contributed by atoms with E-state index in [0.717, 1.165) is 29.5 Å². The molecule has 0 spiro atoms. The summed E-state index contributed by atoms with van der Waals surface area (Å²) in [6, 6.07) is 18.1. The third kappa shape index (κ3) is 3.36. The zero-order chi connectivity index (χ0) is 18.1. The second-order valence-corrected chi connectivity index (χ2v) is 7.43. The topological polar surface area (TPSA) is 49.4 Å². The lowest BCUT2D eigenvalue weighted by Gasteiger charge is -2.18. The molecule has 4 rings (SSSR count). The van der Waals surface area contributed by atoms with Crippen LogP contribution in [-0.2, 0) is 4.79 Å². The number of likely N-dealkylation sites (tertiary alicyclic amines) is 1. The summed E-state index contributed by atoms with van der Waals surface area (Å²) in [5, 5.41) is 3.13. The third-order valence-corrected chi connectivity index (χ3v) is 5.47. The van der Waals surface area contributed by atoms with Gasteiger partial charge in [0, 0.05) is 30.6 Å². The molecular formula is C22H24N2O2. The molecule has 1 aliphatic heterocycles. The number of hydrogen-bond acceptors (Lipinski definition) is 2. The Bertz CT molecular complexity index is 814. The van der Waals surface area contributed by atoms with E-state index in [1.54, 1.807) is 0 Å². The molecule has 4 heteroatoms. The van der Waals surface area contributed by atoms with Gasteiger partial charge >= 0.3 is 0 Å². The van der Waals surface area contributed by atoms with Gasteiger partial charge in [0.1, 0.15) is 0 Å². The summed E-state index contributed by atoms with van der Waals surface area (Å²) in [6.45, 7) is 3.01. The highest BCUT2D eigenvalue weighted by molar-refractivity contribution is 5.96. The number of carbonyl (C=O) groups is 2. The van der Waals surface area contributed by atoms with Crippen molar-refractivity contribution in [1.29, 1.82) is 0 Å². The molecule has 0 radical (unpaired) electrons. The predicted octanol–water partition coefficient (Wildman–Crippen LogP) is 3.13. The summed E-state index contributed by atoms with van der Waals surface area (Å²) in [5.74, 6) is -0.0407. The average Bonchev–Trinajstić information content (AvgIpc) is 3.36. The van der Waals surface area contributed by atoms with Gasteiger partial charge in [0.25, 0.3) is 5.91 Å². The molecule has 1 saturated heterocycles. The van der Waals surface area contributed by atoms with E-state index in [-0.39, 0.29) is 23.7 Å². The highest BCUT2D eigenvalue weighted by Gasteiger charge is 2.41. The fraction of sp³-hybridized carbons (Fsp3) is 0.364. The first kappa shape index (κ1) is 16.8. The predicted molar refractivity (Wildman–Crippen MR) is 101 cm³/mol. The summed E-state index contributed by atoms with van der Waals surface area (Å²) in [4.78, 5) is 27.7. The fourth-order valence-corrected chi connectivity index (χ4v) is 3.79. The van der Waals surface area contributed by atoms with Crippen LogP contribution in [0.25, 0.3) is 0 Å². The molecule has 134 valence electrons. The van der Waals surface area contributed by atoms with Gasteiger partial charge < -0.3 is 10.2 Å². The molecule has 1 heterocycles. The van der Waals surface area contributed by atoms with E-state index in [0.29, 0.717) is 19.1 Å². The molecule has 2 amide bonds. The maximum atomic E-state index is 13.0. The Balaban J connectivity index is 1.59. The summed E-state index contributed by atoms with van der Waals surface area (Å²) in [5.41, 5.74) is 2.82. The lowest BCUT2D eigenvalue weighted by atomic mass is 9.88. The van der Waals surface area contributed by atoms with Crippen LogP contribution < -0.4 is 5.32 Å². The smallest absolute Gasteiger partial charge is 0.254 e. The molecule has 2 fully saturated rings. The van der Waals surface area contributed by atoms with E-state index in [1.807, 2.05) is 54.3 Å². The number of nitrogens with one attached hydrogen (secondary N) is 1. The normalized spacial score (nSPS) is 22.3. The zero-order valence-electron chi connectivity index (χ0n) is 15.0. The molecule has 1 N–H and O–H groups in total. The molecule has 2 aromatic rings. The standard InChI is InChI=1S/C22H24N2O2/c1-15-7-5-6-10-18(15)22(26)24-13-19(16-8-3-2-4-9-16)20(14-24)21(25)23-17-11-12-17/h2-10,17,19-20H,11-14H2,1H3,(H,23,25)/t19-,20-/m0/s1. The van der Waals surface area contributed by atoms with E-state index in [9.17, 15) is 9.59 Å². The molecule has 0 aromatic heterocycles. The van der Waals surface area contributed by atoms with E-state index < -0.39 is 0 Å². The first-order valence-electron chi connectivity index (χ1n) is 9.33. The minimum absolute atomic E-state index is 0.0192. The van der Waals surface area contributed by atoms with Crippen molar-refractivity contribution in [2.45, 2.75) is 31.7 Å². The Morgan fingerprint density at radius 3 is 2.35 bits per heavy atom. The van der Waals surface area contributed by atoms with Gasteiger partial charge in [-0.25, -0.2) is 0 Å². The van der Waals surface area contributed by atoms with Crippen molar-refractivity contribution in [3.05, 3.63) is 71.3 Å². The van der Waals surface area contributed by atoms with Crippen LogP contribution in [0, 0.1) is 12.8 Å². The Morgan fingerprint density at radius 1 is 0.962 bits per heavy atom. The summed E-state index contributed by atoms with van der Waals surface area (Å²) >= 11 is 0. The number of amides is 2. The van der Waals surface area contributed by atoms with Gasteiger partial charge in [-0.2, -0.15) is 0 Å². The molecule has 1 saturated carbocycles. The Hall–Kier alpha value is -2.62. The van der Waals surface area contributed by atoms with Crippen LogP contribution >= 0.6 is 0 Å². The highest BCUT2D eigenvalue weighted by atomic mass is 16.2. The van der Waals surface area contributed by atoms with Crippen molar-refractivity contribution in [2.24, 2.45) is 5.92 Å². The number of aryl methyl sites for hydroxylation is 1. The van der Waals surface area contributed by atoms with E-state index in [4.69, 9.17) is 0 Å². The van der Waals surface area contributed by atoms with Crippen molar-refractivity contribution >= 4 is 11.8 Å². The lowest BCUT2D eigenvalue weighted by Crippen LogP contribution is -2.36. The molecule has 1 aliphatic carbocycles. The van der Waals surface area contributed by atoms with Crippen LogP contribution in [0.1, 0.15) is 40.2 Å². The van der Waals surface area contributed by atoms with Crippen molar-refractivity contribution in [3.8, 4) is 0 Å². The average molecular weight is 348 g/mol. The van der Waals surface area contributed by atoms with Crippen LogP contribution in [0.15, 0.2) is 54.6 Å². The monoisotopic (exact) mass is 348 g/mol. The zero-order valence-corrected chi connectivity index (χ0v) is 15.0. The third-order valence-electron chi connectivity index (χ3n) is 5.47. The molecule has 0 bridgehead atoms. The van der Waals surface area contributed by atoms with Gasteiger partial charge in [0.05, 0.1) is 5.92 Å². The van der Waals surface area contributed by atoms with Gasteiger partial charge in [0.15, 0.2) is 0 Å². The number of hydrogen-bond donors (Lipinski definition) is 1. The number of nitrogens with zero attached hydrogens (tertiary/aromatic N) is 1. The molecule has 26 heavy (non-hydrogen) atoms. The second-order valence-electron chi connectivity index (χ2n) is 7.43. The Kier molecular flexibility index (Phi) is 4.49. The molecule has 2 atom stereocenters. The summed E-state index contributed by atoms with van der Waals surface area (Å²) < 4.78 is 0. The molecule has 0 unspecified atom stereocenters. The van der Waals surface area contributed by atoms with E-state index >= 15 is 0 Å². The van der Waals surface area contributed by atoms with Gasteiger partial charge in [-0.3, -0.25) is 9.59 Å². The van der Waals surface area contributed by atoms with Crippen LogP contribution in [0.3, 0.4) is 0 Å². The first-order chi connectivity index (χ1) is 12.6. The van der Waals surface area contributed by atoms with Crippen LogP contribution in [0.5, 0.6) is 0 Å². The molecular weight excluding hydrogens is 324 g/mol. The van der Waals surface area contributed by atoms with Gasteiger partial charge in [-0.15, -0.1) is 0 Å². The minimum Gasteiger partial charge on any atom is -0.353 e. The van der Waals surface area contributed by atoms with Crippen molar-refractivity contribution < 1.29 is 9.59 Å². The van der Waals surface area contributed by atoms with Crippen molar-refractivity contribution in [3.63, 3.8) is 0 Å². The van der Waals surface area contributed by atoms with Crippen LogP contribution in [0.2, 0.25) is 0 Å². The Morgan fingerprint density at radius 2 is 1.65 bits per heavy atom. The molecule has 4 nitrogen and oxygen atoms in total. The van der Waals surface area contributed by atoms with Crippen LogP contribution in [0.4, 0.5) is 0 Å². The molecule has 2 aromatic carbocycles. The largest absolute Gasteiger partial charge is 0.353 e. The number of benzene rings is 2. The second kappa shape index (κ2) is 6.94. The SMILES string of the molecule is Cc1ccccc1C(=O)N1C[C@H](C(=O)NC2CC2)[C@H](c2ccccc2)C1. The molecule has 2 aliphatic rings. The van der Waals surface area contributed by atoms with Gasteiger partial charge in [-0.05, 0) is 37.0 Å². The van der Waals surface area contributed by atoms with E-state index in [2.05, 4.69) is 17.4 Å². The van der Waals surface area contributed by atoms with Crippen molar-refractivity contribution in [2.75, 3.05) is 13.1 Å². The summed E-state index contributed by atoms with van der Waals surface area (Å²) in [6.07, 6.45) is 2.14. The first-order valence-corrected chi connectivity index (χ1v) is 9.33. The van der Waals surface area contributed by atoms with Gasteiger partial charge in [-0.1, -0.05) is 48.5 Å². The number of carbonyl (C=O) groups excluding carboxylic acids is 2. The lowest BCUT2D eigenvalue weighted by molar-refractivity contribution is -0.125. The highest BCUT2D eigenvalue weighted by Crippen LogP contribution is 2.34. The van der Waals surface area contributed by atoms with Crippen LogP contribution in [-0.4, -0.2) is 35.8 Å².